The molecular weight excluding hydrogens is 270 g/mol. The van der Waals surface area contributed by atoms with Gasteiger partial charge in [-0.15, -0.1) is 0 Å². The van der Waals surface area contributed by atoms with Crippen molar-refractivity contribution in [1.29, 1.82) is 0 Å². The average Bonchev–Trinajstić information content (AvgIpc) is 2.95. The molecule has 19 heavy (non-hydrogen) atoms. The molecule has 2 N–H and O–H groups in total. The molecule has 0 aliphatic carbocycles. The normalized spacial score (nSPS) is 10.8. The Balaban J connectivity index is 2.22. The Morgan fingerprint density at radius 2 is 1.84 bits per heavy atom. The highest BCUT2D eigenvalue weighted by molar-refractivity contribution is 7.08. The number of benzene rings is 1. The van der Waals surface area contributed by atoms with Crippen molar-refractivity contribution in [3.63, 3.8) is 0 Å². The third-order valence-electron chi connectivity index (χ3n) is 2.66. The van der Waals surface area contributed by atoms with Gasteiger partial charge in [0.25, 0.3) is 0 Å². The van der Waals surface area contributed by atoms with Crippen LogP contribution in [0.15, 0.2) is 39.5 Å². The first kappa shape index (κ1) is 11.9. The standard InChI is InChI=1S/C13H8F2N2OS/c14-9-3-8(4-10(15)5-9)11-12(17-18-13(11)16)7-1-2-19-6-7/h1-6H,16H2. The highest BCUT2D eigenvalue weighted by atomic mass is 32.1. The van der Waals surface area contributed by atoms with Gasteiger partial charge in [0.05, 0.1) is 5.56 Å². The first-order valence-corrected chi connectivity index (χ1v) is 6.33. The van der Waals surface area contributed by atoms with Crippen molar-refractivity contribution in [3.05, 3.63) is 46.7 Å². The summed E-state index contributed by atoms with van der Waals surface area (Å²) in [7, 11) is 0. The van der Waals surface area contributed by atoms with E-state index < -0.39 is 11.6 Å². The van der Waals surface area contributed by atoms with E-state index in [1.165, 1.54) is 23.5 Å². The molecule has 0 aliphatic rings. The van der Waals surface area contributed by atoms with E-state index in [9.17, 15) is 8.78 Å². The summed E-state index contributed by atoms with van der Waals surface area (Å²) in [5, 5.41) is 7.58. The largest absolute Gasteiger partial charge is 0.367 e. The molecule has 0 aliphatic heterocycles. The van der Waals surface area contributed by atoms with Gasteiger partial charge in [-0.2, -0.15) is 11.3 Å². The number of hydrogen-bond donors (Lipinski definition) is 1. The van der Waals surface area contributed by atoms with Crippen LogP contribution in [0, 0.1) is 11.6 Å². The molecule has 0 bridgehead atoms. The van der Waals surface area contributed by atoms with E-state index >= 15 is 0 Å². The van der Waals surface area contributed by atoms with Gasteiger partial charge >= 0.3 is 0 Å². The molecule has 3 rings (SSSR count). The number of hydrogen-bond acceptors (Lipinski definition) is 4. The van der Waals surface area contributed by atoms with Gasteiger partial charge in [-0.3, -0.25) is 0 Å². The van der Waals surface area contributed by atoms with Crippen LogP contribution in [0.25, 0.3) is 22.4 Å². The lowest BCUT2D eigenvalue weighted by molar-refractivity contribution is 0.439. The predicted octanol–water partition coefficient (Wildman–Crippen LogP) is 3.93. The maximum Gasteiger partial charge on any atom is 0.230 e. The van der Waals surface area contributed by atoms with Crippen LogP contribution in [-0.2, 0) is 0 Å². The minimum atomic E-state index is -0.674. The third kappa shape index (κ3) is 2.10. The molecule has 0 amide bonds. The van der Waals surface area contributed by atoms with Crippen LogP contribution in [0.3, 0.4) is 0 Å². The third-order valence-corrected chi connectivity index (χ3v) is 3.35. The molecule has 6 heteroatoms. The van der Waals surface area contributed by atoms with E-state index in [1.807, 2.05) is 16.8 Å². The molecule has 2 aromatic heterocycles. The fourth-order valence-corrected chi connectivity index (χ4v) is 2.52. The number of anilines is 1. The summed E-state index contributed by atoms with van der Waals surface area (Å²) in [5.41, 5.74) is 7.68. The lowest BCUT2D eigenvalue weighted by Crippen LogP contribution is -1.89. The van der Waals surface area contributed by atoms with Crippen molar-refractivity contribution in [2.45, 2.75) is 0 Å². The highest BCUT2D eigenvalue weighted by Crippen LogP contribution is 2.37. The highest BCUT2D eigenvalue weighted by Gasteiger charge is 2.18. The first-order chi connectivity index (χ1) is 9.15. The second-order valence-corrected chi connectivity index (χ2v) is 4.72. The maximum absolute atomic E-state index is 13.3. The summed E-state index contributed by atoms with van der Waals surface area (Å²) in [6.07, 6.45) is 0. The molecule has 3 aromatic rings. The van der Waals surface area contributed by atoms with E-state index in [-0.39, 0.29) is 5.88 Å². The molecule has 96 valence electrons. The number of nitrogens with two attached hydrogens (primary N) is 1. The van der Waals surface area contributed by atoms with Gasteiger partial charge in [0.1, 0.15) is 17.3 Å². The fourth-order valence-electron chi connectivity index (χ4n) is 1.88. The molecule has 0 saturated heterocycles. The van der Waals surface area contributed by atoms with E-state index in [2.05, 4.69) is 5.16 Å². The SMILES string of the molecule is Nc1onc(-c2ccsc2)c1-c1cc(F)cc(F)c1. The summed E-state index contributed by atoms with van der Waals surface area (Å²) in [6.45, 7) is 0. The van der Waals surface area contributed by atoms with Gasteiger partial charge < -0.3 is 10.3 Å². The smallest absolute Gasteiger partial charge is 0.230 e. The zero-order chi connectivity index (χ0) is 13.4. The van der Waals surface area contributed by atoms with Crippen molar-refractivity contribution < 1.29 is 13.3 Å². The van der Waals surface area contributed by atoms with Gasteiger partial charge in [-0.05, 0) is 29.1 Å². The Bertz CT molecular complexity index is 702. The first-order valence-electron chi connectivity index (χ1n) is 5.39. The average molecular weight is 278 g/mol. The quantitative estimate of drug-likeness (QED) is 0.772. The van der Waals surface area contributed by atoms with Gasteiger partial charge in [0, 0.05) is 17.0 Å². The monoisotopic (exact) mass is 278 g/mol. The van der Waals surface area contributed by atoms with Crippen LogP contribution in [0.2, 0.25) is 0 Å². The number of halogens is 2. The van der Waals surface area contributed by atoms with Crippen molar-refractivity contribution in [2.75, 3.05) is 5.73 Å². The molecule has 0 saturated carbocycles. The molecule has 3 nitrogen and oxygen atoms in total. The Kier molecular flexibility index (Phi) is 2.79. The van der Waals surface area contributed by atoms with Crippen LogP contribution in [-0.4, -0.2) is 5.16 Å². The number of nitrogen functional groups attached to an aromatic ring is 1. The maximum atomic E-state index is 13.3. The summed E-state index contributed by atoms with van der Waals surface area (Å²) in [6, 6.07) is 5.03. The lowest BCUT2D eigenvalue weighted by Gasteiger charge is -2.02. The zero-order valence-corrected chi connectivity index (χ0v) is 10.4. The molecule has 0 atom stereocenters. The molecule has 1 aromatic carbocycles. The van der Waals surface area contributed by atoms with Gasteiger partial charge in [-0.1, -0.05) is 5.16 Å². The Morgan fingerprint density at radius 3 is 2.47 bits per heavy atom. The number of thiophene rings is 1. The van der Waals surface area contributed by atoms with Gasteiger partial charge in [0.2, 0.25) is 5.88 Å². The minimum Gasteiger partial charge on any atom is -0.367 e. The molecule has 0 fully saturated rings. The second kappa shape index (κ2) is 4.47. The van der Waals surface area contributed by atoms with Crippen molar-refractivity contribution >= 4 is 17.2 Å². The Morgan fingerprint density at radius 1 is 1.11 bits per heavy atom. The van der Waals surface area contributed by atoms with Gasteiger partial charge in [0.15, 0.2) is 0 Å². The Hall–Kier alpha value is -2.21. The van der Waals surface area contributed by atoms with Crippen LogP contribution in [0.1, 0.15) is 0 Å². The molecule has 0 spiro atoms. The molecule has 2 heterocycles. The molecule has 0 unspecified atom stereocenters. The summed E-state index contributed by atoms with van der Waals surface area (Å²) >= 11 is 1.48. The zero-order valence-electron chi connectivity index (χ0n) is 9.56. The van der Waals surface area contributed by atoms with Crippen molar-refractivity contribution in [1.82, 2.24) is 5.16 Å². The summed E-state index contributed by atoms with van der Waals surface area (Å²) in [4.78, 5) is 0. The fraction of sp³-hybridized carbons (Fsp3) is 0. The van der Waals surface area contributed by atoms with E-state index in [4.69, 9.17) is 10.3 Å². The summed E-state index contributed by atoms with van der Waals surface area (Å²) < 4.78 is 31.5. The topological polar surface area (TPSA) is 52.0 Å². The van der Waals surface area contributed by atoms with Crippen LogP contribution < -0.4 is 5.73 Å². The number of rotatable bonds is 2. The van der Waals surface area contributed by atoms with E-state index in [1.54, 1.807) is 0 Å². The minimum absolute atomic E-state index is 0.0335. The van der Waals surface area contributed by atoms with E-state index in [0.29, 0.717) is 16.8 Å². The van der Waals surface area contributed by atoms with Crippen molar-refractivity contribution in [2.24, 2.45) is 0 Å². The predicted molar refractivity (Wildman–Crippen MR) is 69.6 cm³/mol. The lowest BCUT2D eigenvalue weighted by atomic mass is 10.0. The van der Waals surface area contributed by atoms with Crippen LogP contribution >= 0.6 is 11.3 Å². The van der Waals surface area contributed by atoms with Gasteiger partial charge in [-0.25, -0.2) is 8.78 Å². The van der Waals surface area contributed by atoms with E-state index in [0.717, 1.165) is 11.6 Å². The van der Waals surface area contributed by atoms with Crippen LogP contribution in [0.5, 0.6) is 0 Å². The molecular formula is C13H8F2N2OS. The van der Waals surface area contributed by atoms with Crippen molar-refractivity contribution in [3.8, 4) is 22.4 Å². The Labute approximate surface area is 111 Å². The number of nitrogens with zero attached hydrogens (tertiary/aromatic N) is 1. The van der Waals surface area contributed by atoms with Crippen LogP contribution in [0.4, 0.5) is 14.7 Å². The molecule has 0 radical (unpaired) electrons. The second-order valence-electron chi connectivity index (χ2n) is 3.94. The summed E-state index contributed by atoms with van der Waals surface area (Å²) in [5.74, 6) is -1.31. The number of aromatic nitrogens is 1.